The van der Waals surface area contributed by atoms with Crippen molar-refractivity contribution in [1.29, 1.82) is 0 Å². The van der Waals surface area contributed by atoms with E-state index in [2.05, 4.69) is 5.32 Å². The maximum atomic E-state index is 13.0. The van der Waals surface area contributed by atoms with Crippen LogP contribution >= 0.6 is 0 Å². The molecule has 0 radical (unpaired) electrons. The van der Waals surface area contributed by atoms with Crippen LogP contribution in [0.2, 0.25) is 0 Å². The first-order valence-corrected chi connectivity index (χ1v) is 17.8. The summed E-state index contributed by atoms with van der Waals surface area (Å²) in [4.78, 5) is 97.2. The lowest BCUT2D eigenvalue weighted by atomic mass is 10.2. The van der Waals surface area contributed by atoms with Crippen molar-refractivity contribution in [3.8, 4) is 0 Å². The summed E-state index contributed by atoms with van der Waals surface area (Å²) in [6.07, 6.45) is 0. The number of hydrogen-bond donors (Lipinski definition) is 7. The van der Waals surface area contributed by atoms with Gasteiger partial charge in [-0.2, -0.15) is 0 Å². The maximum Gasteiger partial charge on any atom is 0.317 e. The van der Waals surface area contributed by atoms with E-state index in [0.29, 0.717) is 0 Å². The van der Waals surface area contributed by atoms with Crippen LogP contribution in [-0.2, 0) is 33.6 Å². The highest BCUT2D eigenvalue weighted by atomic mass is 16.4. The number of nitrogens with zero attached hydrogens (tertiary/aromatic N) is 8. The molecule has 0 atom stereocenters. The third-order valence-corrected chi connectivity index (χ3v) is 9.47. The van der Waals surface area contributed by atoms with E-state index in [4.69, 9.17) is 0 Å². The van der Waals surface area contributed by atoms with Gasteiger partial charge in [0, 0.05) is 112 Å². The smallest absolute Gasteiger partial charge is 0.317 e. The van der Waals surface area contributed by atoms with Gasteiger partial charge >= 0.3 is 35.8 Å². The van der Waals surface area contributed by atoms with Gasteiger partial charge in [0.25, 0.3) is 0 Å². The fourth-order valence-electron chi connectivity index (χ4n) is 6.73. The van der Waals surface area contributed by atoms with Crippen molar-refractivity contribution in [2.75, 3.05) is 144 Å². The van der Waals surface area contributed by atoms with Gasteiger partial charge < -0.3 is 36.0 Å². The van der Waals surface area contributed by atoms with E-state index in [-0.39, 0.29) is 144 Å². The molecule has 0 saturated carbocycles. The summed E-state index contributed by atoms with van der Waals surface area (Å²) >= 11 is 0. The third-order valence-electron chi connectivity index (χ3n) is 9.47. The van der Waals surface area contributed by atoms with E-state index in [9.17, 15) is 64.2 Å². The summed E-state index contributed by atoms with van der Waals surface area (Å²) < 4.78 is 0. The maximum absolute atomic E-state index is 13.0. The van der Waals surface area contributed by atoms with Crippen molar-refractivity contribution in [2.24, 2.45) is 0 Å². The van der Waals surface area contributed by atoms with E-state index < -0.39 is 47.5 Å². The number of aliphatic carboxylic acids is 6. The van der Waals surface area contributed by atoms with Gasteiger partial charge in [0.2, 0.25) is 5.91 Å². The first kappa shape index (κ1) is 46.1. The minimum atomic E-state index is -1.35. The Kier molecular flexibility index (Phi) is 19.7. The average Bonchev–Trinajstić information content (AvgIpc) is 3.02. The lowest BCUT2D eigenvalue weighted by molar-refractivity contribution is -0.142. The molecule has 1 amide bonds. The number of nitrogens with one attached hydrogen (secondary N) is 1. The van der Waals surface area contributed by atoms with E-state index in [0.717, 1.165) is 0 Å². The topological polar surface area (TPSA) is 279 Å². The van der Waals surface area contributed by atoms with Crippen LogP contribution in [0.3, 0.4) is 0 Å². The molecule has 2 fully saturated rings. The highest BCUT2D eigenvalue weighted by Gasteiger charge is 2.40. The highest BCUT2D eigenvalue weighted by Crippen LogP contribution is 2.20. The fraction of sp³-hybridized carbons (Fsp3) is 0.781. The number of carboxylic acids is 6. The summed E-state index contributed by atoms with van der Waals surface area (Å²) in [5.74, 6) is -8.34. The Morgan fingerprint density at radius 1 is 0.389 bits per heavy atom. The fourth-order valence-corrected chi connectivity index (χ4v) is 6.73. The summed E-state index contributed by atoms with van der Waals surface area (Å²) in [5.41, 5.74) is 0. The Hall–Kier alpha value is -4.03. The molecule has 0 aromatic carbocycles. The van der Waals surface area contributed by atoms with Gasteiger partial charge in [0.15, 0.2) is 0 Å². The van der Waals surface area contributed by atoms with Crippen LogP contribution in [0.15, 0.2) is 0 Å². The van der Waals surface area contributed by atoms with Crippen molar-refractivity contribution in [2.45, 2.75) is 19.6 Å². The van der Waals surface area contributed by atoms with Gasteiger partial charge in [-0.05, 0) is 6.92 Å². The molecule has 2 aliphatic heterocycles. The van der Waals surface area contributed by atoms with Crippen LogP contribution in [0, 0.1) is 0 Å². The van der Waals surface area contributed by atoms with Crippen molar-refractivity contribution >= 4 is 41.7 Å². The monoisotopic (exact) mass is 775 g/mol. The molecule has 0 aromatic rings. The van der Waals surface area contributed by atoms with Crippen LogP contribution < -0.4 is 5.32 Å². The number of rotatable bonds is 15. The molecule has 2 rings (SSSR count). The van der Waals surface area contributed by atoms with Crippen molar-refractivity contribution < 1.29 is 64.2 Å². The number of carboxylic acid groups (broad SMARTS) is 6. The van der Waals surface area contributed by atoms with E-state index in [1.807, 2.05) is 9.80 Å². The Labute approximate surface area is 314 Å². The normalized spacial score (nSPS) is 20.4. The second-order valence-corrected chi connectivity index (χ2v) is 13.7. The SMILES string of the molecule is CC(=O)NC(C)(N1CCN(CC(=O)O)CCN(CC(=O)O)CCN(CC(=O)O)CC1)N1CCN(CC(=O)O)CCN(CC(=O)O)CCN(CC(=O)O)CC1. The average molecular weight is 776 g/mol. The van der Waals surface area contributed by atoms with Crippen LogP contribution in [-0.4, -0.2) is 261 Å². The number of carbonyl (C=O) groups is 7. The van der Waals surface area contributed by atoms with Crippen molar-refractivity contribution in [3.63, 3.8) is 0 Å². The van der Waals surface area contributed by atoms with E-state index in [1.54, 1.807) is 36.3 Å². The van der Waals surface area contributed by atoms with Gasteiger partial charge in [0.05, 0.1) is 39.3 Å². The number of carbonyl (C=O) groups excluding carboxylic acids is 1. The molecule has 2 aliphatic rings. The molecule has 0 bridgehead atoms. The Morgan fingerprint density at radius 2 is 0.556 bits per heavy atom. The van der Waals surface area contributed by atoms with Gasteiger partial charge in [-0.3, -0.25) is 72.8 Å². The molecular formula is C32H57N9O13. The number of hydrogen-bond acceptors (Lipinski definition) is 15. The first-order valence-electron chi connectivity index (χ1n) is 17.8. The highest BCUT2D eigenvalue weighted by molar-refractivity contribution is 5.73. The Balaban J connectivity index is 2.60. The van der Waals surface area contributed by atoms with Crippen LogP contribution in [0.1, 0.15) is 13.8 Å². The molecule has 7 N–H and O–H groups in total. The molecule has 22 nitrogen and oxygen atoms in total. The largest absolute Gasteiger partial charge is 0.480 e. The summed E-state index contributed by atoms with van der Waals surface area (Å²) in [6, 6.07) is 0. The summed E-state index contributed by atoms with van der Waals surface area (Å²) in [7, 11) is 0. The van der Waals surface area contributed by atoms with Crippen LogP contribution in [0.25, 0.3) is 0 Å². The predicted molar refractivity (Wildman–Crippen MR) is 190 cm³/mol. The summed E-state index contributed by atoms with van der Waals surface area (Å²) in [6.45, 7) is 3.75. The van der Waals surface area contributed by atoms with Gasteiger partial charge in [-0.1, -0.05) is 0 Å². The predicted octanol–water partition coefficient (Wildman–Crippen LogP) is -4.25. The number of amides is 1. The lowest BCUT2D eigenvalue weighted by Crippen LogP contribution is -2.71. The summed E-state index contributed by atoms with van der Waals surface area (Å²) in [5, 5.41) is 60.8. The van der Waals surface area contributed by atoms with E-state index >= 15 is 0 Å². The standard InChI is InChI=1S/C32H57N9O13/c1-25(42)33-32(2,40-15-11-36(21-28(47)48)7-3-34(19-26(43)44)4-8-37(12-16-40)22-29(49)50)41-17-13-38(23-30(51)52)9-5-35(20-27(45)46)6-10-39(14-18-41)24-31(53)54/h3-24H2,1-2H3,(H,33,42)(H,43,44)(H,45,46)(H,47,48)(H,49,50)(H,51,52)(H,53,54). The third kappa shape index (κ3) is 17.9. The van der Waals surface area contributed by atoms with Gasteiger partial charge in [0.1, 0.15) is 5.79 Å². The minimum absolute atomic E-state index is 0.155. The molecular weight excluding hydrogens is 718 g/mol. The molecule has 0 aliphatic carbocycles. The van der Waals surface area contributed by atoms with Crippen molar-refractivity contribution in [3.05, 3.63) is 0 Å². The molecule has 308 valence electrons. The molecule has 22 heteroatoms. The Morgan fingerprint density at radius 3 is 0.704 bits per heavy atom. The van der Waals surface area contributed by atoms with Gasteiger partial charge in [-0.25, -0.2) is 0 Å². The zero-order valence-corrected chi connectivity index (χ0v) is 31.2. The van der Waals surface area contributed by atoms with Gasteiger partial charge in [-0.15, -0.1) is 0 Å². The van der Waals surface area contributed by atoms with Crippen molar-refractivity contribution in [1.82, 2.24) is 44.5 Å². The second-order valence-electron chi connectivity index (χ2n) is 13.7. The molecule has 54 heavy (non-hydrogen) atoms. The minimum Gasteiger partial charge on any atom is -0.480 e. The van der Waals surface area contributed by atoms with E-state index in [1.165, 1.54) is 6.92 Å². The lowest BCUT2D eigenvalue weighted by Gasteiger charge is -2.50. The zero-order valence-electron chi connectivity index (χ0n) is 31.2. The van der Waals surface area contributed by atoms with Crippen LogP contribution in [0.5, 0.6) is 0 Å². The first-order chi connectivity index (χ1) is 25.4. The zero-order chi connectivity index (χ0) is 40.4. The molecule has 0 spiro atoms. The molecule has 2 saturated heterocycles. The molecule has 0 aromatic heterocycles. The molecule has 2 heterocycles. The quantitative estimate of drug-likeness (QED) is 0.0829. The van der Waals surface area contributed by atoms with Crippen LogP contribution in [0.4, 0.5) is 0 Å². The Bertz CT molecular complexity index is 1140. The second kappa shape index (κ2) is 23.0. The molecule has 0 unspecified atom stereocenters.